The van der Waals surface area contributed by atoms with Gasteiger partial charge in [0.2, 0.25) is 0 Å². The van der Waals surface area contributed by atoms with Crippen molar-refractivity contribution >= 4 is 5.69 Å². The van der Waals surface area contributed by atoms with Crippen molar-refractivity contribution in [3.8, 4) is 0 Å². The van der Waals surface area contributed by atoms with Crippen LogP contribution in [0.1, 0.15) is 12.1 Å². The molecule has 0 spiro atoms. The van der Waals surface area contributed by atoms with Gasteiger partial charge in [0.1, 0.15) is 0 Å². The Hall–Kier alpha value is -1.25. The summed E-state index contributed by atoms with van der Waals surface area (Å²) in [6.45, 7) is 4.14. The van der Waals surface area contributed by atoms with Crippen LogP contribution in [0.3, 0.4) is 0 Å². The molecule has 0 radical (unpaired) electrons. The van der Waals surface area contributed by atoms with Crippen LogP contribution in [0.15, 0.2) is 16.9 Å². The summed E-state index contributed by atoms with van der Waals surface area (Å²) in [7, 11) is 1.80. The summed E-state index contributed by atoms with van der Waals surface area (Å²) in [6.07, 6.45) is 1.24. The molecule has 1 aliphatic heterocycles. The lowest BCUT2D eigenvalue weighted by Crippen LogP contribution is -2.38. The van der Waals surface area contributed by atoms with Crippen LogP contribution >= 0.6 is 0 Å². The minimum atomic E-state index is 0.0851. The number of nitrogens with zero attached hydrogens (tertiary/aromatic N) is 2. The van der Waals surface area contributed by atoms with E-state index in [1.165, 1.54) is 6.42 Å². The van der Waals surface area contributed by atoms with Crippen LogP contribution in [0, 0.1) is 6.92 Å². The molecule has 2 rings (SSSR count). The van der Waals surface area contributed by atoms with Crippen LogP contribution in [-0.4, -0.2) is 17.7 Å². The molecule has 70 valence electrons. The third kappa shape index (κ3) is 1.34. The molecular weight excluding hydrogens is 164 g/mol. The lowest BCUT2D eigenvalue weighted by atomic mass is 10.2. The van der Waals surface area contributed by atoms with E-state index in [0.717, 1.165) is 24.5 Å². The van der Waals surface area contributed by atoms with E-state index < -0.39 is 0 Å². The number of hydrogen-bond donors (Lipinski definition) is 0. The van der Waals surface area contributed by atoms with Gasteiger partial charge < -0.3 is 9.47 Å². The highest BCUT2D eigenvalue weighted by Gasteiger charge is 2.15. The fraction of sp³-hybridized carbons (Fsp3) is 0.500. The van der Waals surface area contributed by atoms with E-state index in [2.05, 4.69) is 11.0 Å². The summed E-state index contributed by atoms with van der Waals surface area (Å²) in [5, 5.41) is 0. The molecule has 2 heterocycles. The molecule has 0 amide bonds. The quantitative estimate of drug-likeness (QED) is 0.638. The molecule has 3 nitrogen and oxygen atoms in total. The maximum absolute atomic E-state index is 11.4. The zero-order valence-electron chi connectivity index (χ0n) is 8.08. The van der Waals surface area contributed by atoms with Crippen LogP contribution in [0.5, 0.6) is 0 Å². The van der Waals surface area contributed by atoms with Crippen molar-refractivity contribution in [1.82, 2.24) is 4.57 Å². The van der Waals surface area contributed by atoms with Crippen LogP contribution in [0.2, 0.25) is 0 Å². The number of anilines is 1. The molecule has 0 N–H and O–H groups in total. The van der Waals surface area contributed by atoms with Crippen molar-refractivity contribution < 1.29 is 0 Å². The maximum Gasteiger partial charge on any atom is 0.252 e. The highest BCUT2D eigenvalue weighted by molar-refractivity contribution is 5.48. The van der Waals surface area contributed by atoms with Crippen molar-refractivity contribution in [1.29, 1.82) is 0 Å². The average molecular weight is 178 g/mol. The third-order valence-electron chi connectivity index (χ3n) is 2.71. The fourth-order valence-corrected chi connectivity index (χ4v) is 1.51. The van der Waals surface area contributed by atoms with Gasteiger partial charge in [-0.25, -0.2) is 0 Å². The number of hydrogen-bond acceptors (Lipinski definition) is 2. The van der Waals surface area contributed by atoms with Crippen LogP contribution in [0.4, 0.5) is 5.69 Å². The second-order valence-corrected chi connectivity index (χ2v) is 3.59. The van der Waals surface area contributed by atoms with Gasteiger partial charge in [0, 0.05) is 37.6 Å². The minimum absolute atomic E-state index is 0.0851. The molecule has 0 saturated carbocycles. The lowest BCUT2D eigenvalue weighted by Gasteiger charge is -2.33. The predicted molar refractivity (Wildman–Crippen MR) is 53.3 cm³/mol. The third-order valence-corrected chi connectivity index (χ3v) is 2.71. The molecule has 1 saturated heterocycles. The molecule has 0 aliphatic carbocycles. The van der Waals surface area contributed by atoms with Crippen LogP contribution in [-0.2, 0) is 7.05 Å². The van der Waals surface area contributed by atoms with E-state index in [9.17, 15) is 4.79 Å². The molecule has 13 heavy (non-hydrogen) atoms. The van der Waals surface area contributed by atoms with Crippen LogP contribution in [0.25, 0.3) is 0 Å². The predicted octanol–water partition coefficient (Wildman–Crippen LogP) is 0.904. The van der Waals surface area contributed by atoms with E-state index in [-0.39, 0.29) is 5.56 Å². The summed E-state index contributed by atoms with van der Waals surface area (Å²) < 4.78 is 1.67. The molecule has 1 aromatic rings. The molecule has 0 aromatic carbocycles. The molecule has 0 unspecified atom stereocenters. The second-order valence-electron chi connectivity index (χ2n) is 3.59. The first-order valence-corrected chi connectivity index (χ1v) is 4.61. The van der Waals surface area contributed by atoms with E-state index in [4.69, 9.17) is 0 Å². The van der Waals surface area contributed by atoms with Gasteiger partial charge in [0.25, 0.3) is 5.56 Å². The highest BCUT2D eigenvalue weighted by atomic mass is 16.1. The summed E-state index contributed by atoms with van der Waals surface area (Å²) in [5.74, 6) is 0. The topological polar surface area (TPSA) is 25.2 Å². The Kier molecular flexibility index (Phi) is 1.87. The monoisotopic (exact) mass is 178 g/mol. The number of aryl methyl sites for hydroxylation is 1. The van der Waals surface area contributed by atoms with E-state index in [1.807, 2.05) is 6.92 Å². The van der Waals surface area contributed by atoms with Gasteiger partial charge >= 0.3 is 0 Å². The zero-order chi connectivity index (χ0) is 9.42. The fourth-order valence-electron chi connectivity index (χ4n) is 1.51. The molecular formula is C10H14N2O. The Bertz CT molecular complexity index is 377. The van der Waals surface area contributed by atoms with E-state index in [1.54, 1.807) is 17.7 Å². The first-order valence-electron chi connectivity index (χ1n) is 4.61. The van der Waals surface area contributed by atoms with Gasteiger partial charge in [-0.3, -0.25) is 4.79 Å². The van der Waals surface area contributed by atoms with Crippen molar-refractivity contribution in [2.24, 2.45) is 7.05 Å². The first kappa shape index (κ1) is 8.35. The molecule has 0 atom stereocenters. The molecule has 0 bridgehead atoms. The highest BCUT2D eigenvalue weighted by Crippen LogP contribution is 2.19. The normalized spacial score (nSPS) is 15.7. The van der Waals surface area contributed by atoms with Crippen molar-refractivity contribution in [2.45, 2.75) is 13.3 Å². The van der Waals surface area contributed by atoms with Gasteiger partial charge in [-0.2, -0.15) is 0 Å². The number of rotatable bonds is 1. The number of pyridine rings is 1. The Labute approximate surface area is 77.6 Å². The average Bonchev–Trinajstić information content (AvgIpc) is 1.96. The van der Waals surface area contributed by atoms with E-state index >= 15 is 0 Å². The van der Waals surface area contributed by atoms with Crippen molar-refractivity contribution in [2.75, 3.05) is 18.0 Å². The van der Waals surface area contributed by atoms with Crippen LogP contribution < -0.4 is 10.5 Å². The zero-order valence-corrected chi connectivity index (χ0v) is 8.08. The molecule has 1 aromatic heterocycles. The SMILES string of the molecule is Cc1cc(N2CCC2)cc(=O)n1C. The Morgan fingerprint density at radius 1 is 1.31 bits per heavy atom. The second kappa shape index (κ2) is 2.91. The Morgan fingerprint density at radius 3 is 2.46 bits per heavy atom. The molecule has 3 heteroatoms. The van der Waals surface area contributed by atoms with Gasteiger partial charge in [-0.05, 0) is 19.4 Å². The molecule has 1 fully saturated rings. The number of aromatic nitrogens is 1. The smallest absolute Gasteiger partial charge is 0.252 e. The molecule has 1 aliphatic rings. The maximum atomic E-state index is 11.4. The summed E-state index contributed by atoms with van der Waals surface area (Å²) in [5.41, 5.74) is 2.18. The minimum Gasteiger partial charge on any atom is -0.371 e. The lowest BCUT2D eigenvalue weighted by molar-refractivity contribution is 0.615. The summed E-state index contributed by atoms with van der Waals surface area (Å²) in [6, 6.07) is 3.78. The first-order chi connectivity index (χ1) is 6.18. The van der Waals surface area contributed by atoms with Gasteiger partial charge in [-0.15, -0.1) is 0 Å². The van der Waals surface area contributed by atoms with Crippen molar-refractivity contribution in [3.63, 3.8) is 0 Å². The van der Waals surface area contributed by atoms with Gasteiger partial charge in [0.05, 0.1) is 0 Å². The van der Waals surface area contributed by atoms with Gasteiger partial charge in [-0.1, -0.05) is 0 Å². The van der Waals surface area contributed by atoms with Gasteiger partial charge in [0.15, 0.2) is 0 Å². The summed E-state index contributed by atoms with van der Waals surface area (Å²) in [4.78, 5) is 13.7. The Morgan fingerprint density at radius 2 is 2.00 bits per heavy atom. The van der Waals surface area contributed by atoms with E-state index in [0.29, 0.717) is 0 Å². The largest absolute Gasteiger partial charge is 0.371 e. The van der Waals surface area contributed by atoms with Crippen molar-refractivity contribution in [3.05, 3.63) is 28.2 Å². The standard InChI is InChI=1S/C10H14N2O/c1-8-6-9(12-4-3-5-12)7-10(13)11(8)2/h6-7H,3-5H2,1-2H3. The Balaban J connectivity index is 2.43. The summed E-state index contributed by atoms with van der Waals surface area (Å²) >= 11 is 0.